The van der Waals surface area contributed by atoms with E-state index in [1.807, 2.05) is 24.4 Å². The lowest BCUT2D eigenvalue weighted by molar-refractivity contribution is 0.167. The average molecular weight is 250 g/mol. The van der Waals surface area contributed by atoms with E-state index in [0.29, 0.717) is 12.0 Å². The number of aliphatic hydroxyl groups excluding tert-OH is 1. The second-order valence-corrected chi connectivity index (χ2v) is 5.03. The Hall–Kier alpha value is -1.19. The maximum Gasteiger partial charge on any atom is 0.123 e. The van der Waals surface area contributed by atoms with Crippen LogP contribution in [0.25, 0.3) is 0 Å². The number of halogens is 1. The molecule has 1 nitrogen and oxygen atoms in total. The molecule has 1 unspecified atom stereocenters. The summed E-state index contributed by atoms with van der Waals surface area (Å²) in [7, 11) is 0. The molecule has 0 saturated carbocycles. The standard InChI is InChI=1S/C14H15FOS/c1-10-6-12(8-13(15)7-10)14(16)3-2-11-4-5-17-9-11/h4-9,14,16H,2-3H2,1H3. The van der Waals surface area contributed by atoms with Crippen LogP contribution < -0.4 is 0 Å². The molecule has 1 atom stereocenters. The summed E-state index contributed by atoms with van der Waals surface area (Å²) in [5, 5.41) is 14.1. The van der Waals surface area contributed by atoms with Gasteiger partial charge in [-0.25, -0.2) is 4.39 Å². The van der Waals surface area contributed by atoms with Gasteiger partial charge in [-0.15, -0.1) is 0 Å². The minimum absolute atomic E-state index is 0.283. The molecular formula is C14H15FOS. The minimum Gasteiger partial charge on any atom is -0.388 e. The van der Waals surface area contributed by atoms with E-state index < -0.39 is 6.10 Å². The fourth-order valence-electron chi connectivity index (χ4n) is 1.86. The van der Waals surface area contributed by atoms with Gasteiger partial charge in [-0.1, -0.05) is 6.07 Å². The van der Waals surface area contributed by atoms with Gasteiger partial charge in [0, 0.05) is 0 Å². The second kappa shape index (κ2) is 5.43. The summed E-state index contributed by atoms with van der Waals surface area (Å²) in [5.74, 6) is -0.283. The monoisotopic (exact) mass is 250 g/mol. The van der Waals surface area contributed by atoms with Crippen molar-refractivity contribution in [1.29, 1.82) is 0 Å². The third-order valence-corrected chi connectivity index (χ3v) is 3.47. The highest BCUT2D eigenvalue weighted by Gasteiger charge is 2.09. The van der Waals surface area contributed by atoms with E-state index in [1.54, 1.807) is 11.3 Å². The maximum absolute atomic E-state index is 13.2. The van der Waals surface area contributed by atoms with E-state index in [2.05, 4.69) is 5.38 Å². The molecule has 0 saturated heterocycles. The predicted molar refractivity (Wildman–Crippen MR) is 68.7 cm³/mol. The third kappa shape index (κ3) is 3.38. The molecule has 0 amide bonds. The van der Waals surface area contributed by atoms with Gasteiger partial charge in [-0.3, -0.25) is 0 Å². The van der Waals surface area contributed by atoms with Gasteiger partial charge in [0.15, 0.2) is 0 Å². The highest BCUT2D eigenvalue weighted by molar-refractivity contribution is 7.07. The maximum atomic E-state index is 13.2. The molecule has 0 spiro atoms. The van der Waals surface area contributed by atoms with E-state index in [1.165, 1.54) is 17.7 Å². The normalized spacial score (nSPS) is 12.6. The third-order valence-electron chi connectivity index (χ3n) is 2.74. The van der Waals surface area contributed by atoms with Gasteiger partial charge in [-0.2, -0.15) is 11.3 Å². The van der Waals surface area contributed by atoms with Gasteiger partial charge >= 0.3 is 0 Å². The van der Waals surface area contributed by atoms with E-state index in [-0.39, 0.29) is 5.82 Å². The van der Waals surface area contributed by atoms with Gasteiger partial charge in [0.1, 0.15) is 5.82 Å². The smallest absolute Gasteiger partial charge is 0.123 e. The van der Waals surface area contributed by atoms with Crippen molar-refractivity contribution in [2.75, 3.05) is 0 Å². The zero-order valence-corrected chi connectivity index (χ0v) is 10.5. The molecule has 1 heterocycles. The Morgan fingerprint density at radius 1 is 1.35 bits per heavy atom. The summed E-state index contributed by atoms with van der Waals surface area (Å²) in [6.07, 6.45) is 0.851. The molecule has 0 aliphatic heterocycles. The van der Waals surface area contributed by atoms with E-state index >= 15 is 0 Å². The fourth-order valence-corrected chi connectivity index (χ4v) is 2.57. The van der Waals surface area contributed by atoms with Crippen LogP contribution in [0.1, 0.15) is 29.2 Å². The van der Waals surface area contributed by atoms with Crippen LogP contribution in [0.5, 0.6) is 0 Å². The molecule has 1 aromatic carbocycles. The molecule has 0 radical (unpaired) electrons. The Bertz CT molecular complexity index is 459. The van der Waals surface area contributed by atoms with E-state index in [4.69, 9.17) is 0 Å². The van der Waals surface area contributed by atoms with Crippen LogP contribution in [0.15, 0.2) is 35.0 Å². The van der Waals surface area contributed by atoms with Gasteiger partial charge in [0.2, 0.25) is 0 Å². The van der Waals surface area contributed by atoms with Crippen molar-refractivity contribution >= 4 is 11.3 Å². The highest BCUT2D eigenvalue weighted by Crippen LogP contribution is 2.21. The lowest BCUT2D eigenvalue weighted by Crippen LogP contribution is -2.00. The van der Waals surface area contributed by atoms with Crippen LogP contribution >= 0.6 is 11.3 Å². The number of rotatable bonds is 4. The molecule has 2 aromatic rings. The summed E-state index contributed by atoms with van der Waals surface area (Å²) in [6.45, 7) is 1.83. The number of aliphatic hydroxyl groups is 1. The Balaban J connectivity index is 2.01. The Kier molecular flexibility index (Phi) is 3.92. The van der Waals surface area contributed by atoms with Crippen LogP contribution in [-0.2, 0) is 6.42 Å². The summed E-state index contributed by atoms with van der Waals surface area (Å²) < 4.78 is 13.2. The zero-order valence-electron chi connectivity index (χ0n) is 9.69. The van der Waals surface area contributed by atoms with Crippen molar-refractivity contribution in [2.24, 2.45) is 0 Å². The van der Waals surface area contributed by atoms with Crippen molar-refractivity contribution in [3.05, 3.63) is 57.5 Å². The summed E-state index contributed by atoms with van der Waals surface area (Å²) in [4.78, 5) is 0. The first-order valence-corrected chi connectivity index (χ1v) is 6.55. The van der Waals surface area contributed by atoms with Crippen LogP contribution in [0, 0.1) is 12.7 Å². The van der Waals surface area contributed by atoms with E-state index in [0.717, 1.165) is 12.0 Å². The second-order valence-electron chi connectivity index (χ2n) is 4.25. The molecule has 1 aromatic heterocycles. The molecule has 0 aliphatic rings. The van der Waals surface area contributed by atoms with Gasteiger partial charge in [0.25, 0.3) is 0 Å². The summed E-state index contributed by atoms with van der Waals surface area (Å²) >= 11 is 1.65. The topological polar surface area (TPSA) is 20.2 Å². The first-order valence-electron chi connectivity index (χ1n) is 5.61. The molecule has 3 heteroatoms. The number of aryl methyl sites for hydroxylation is 2. The quantitative estimate of drug-likeness (QED) is 0.873. The van der Waals surface area contributed by atoms with Crippen LogP contribution in [0.3, 0.4) is 0 Å². The number of hydrogen-bond donors (Lipinski definition) is 1. The molecule has 90 valence electrons. The van der Waals surface area contributed by atoms with Crippen molar-refractivity contribution in [1.82, 2.24) is 0 Å². The molecule has 2 rings (SSSR count). The minimum atomic E-state index is -0.593. The summed E-state index contributed by atoms with van der Waals surface area (Å²) in [5.41, 5.74) is 2.73. The molecule has 0 aliphatic carbocycles. The number of hydrogen-bond acceptors (Lipinski definition) is 2. The molecule has 0 bridgehead atoms. The van der Waals surface area contributed by atoms with Crippen molar-refractivity contribution < 1.29 is 9.50 Å². The fraction of sp³-hybridized carbons (Fsp3) is 0.286. The van der Waals surface area contributed by atoms with Crippen molar-refractivity contribution in [2.45, 2.75) is 25.9 Å². The molecule has 0 fully saturated rings. The number of thiophene rings is 1. The van der Waals surface area contributed by atoms with Crippen LogP contribution in [0.2, 0.25) is 0 Å². The molecular weight excluding hydrogens is 235 g/mol. The largest absolute Gasteiger partial charge is 0.388 e. The van der Waals surface area contributed by atoms with Gasteiger partial charge in [0.05, 0.1) is 6.10 Å². The molecule has 17 heavy (non-hydrogen) atoms. The van der Waals surface area contributed by atoms with Gasteiger partial charge < -0.3 is 5.11 Å². The summed E-state index contributed by atoms with van der Waals surface area (Å²) in [6, 6.07) is 6.76. The van der Waals surface area contributed by atoms with Crippen LogP contribution in [0.4, 0.5) is 4.39 Å². The highest BCUT2D eigenvalue weighted by atomic mass is 32.1. The lowest BCUT2D eigenvalue weighted by atomic mass is 10.0. The Morgan fingerprint density at radius 3 is 2.82 bits per heavy atom. The first-order chi connectivity index (χ1) is 8.15. The molecule has 1 N–H and O–H groups in total. The first kappa shape index (κ1) is 12.3. The zero-order chi connectivity index (χ0) is 12.3. The van der Waals surface area contributed by atoms with Gasteiger partial charge in [-0.05, 0) is 65.4 Å². The Labute approximate surface area is 105 Å². The van der Waals surface area contributed by atoms with Crippen molar-refractivity contribution in [3.63, 3.8) is 0 Å². The van der Waals surface area contributed by atoms with Crippen LogP contribution in [-0.4, -0.2) is 5.11 Å². The Morgan fingerprint density at radius 2 is 2.18 bits per heavy atom. The number of benzene rings is 1. The van der Waals surface area contributed by atoms with Crippen molar-refractivity contribution in [3.8, 4) is 0 Å². The lowest BCUT2D eigenvalue weighted by Gasteiger charge is -2.11. The SMILES string of the molecule is Cc1cc(F)cc(C(O)CCc2ccsc2)c1. The average Bonchev–Trinajstić information content (AvgIpc) is 2.77. The van der Waals surface area contributed by atoms with E-state index in [9.17, 15) is 9.50 Å². The predicted octanol–water partition coefficient (Wildman–Crippen LogP) is 3.86.